The highest BCUT2D eigenvalue weighted by Gasteiger charge is 2.52. The van der Waals surface area contributed by atoms with Gasteiger partial charge in [0.25, 0.3) is 5.56 Å². The van der Waals surface area contributed by atoms with Gasteiger partial charge >= 0.3 is 13.2 Å². The number of carbonyl (C=O) groups excluding carboxylic acids is 1. The van der Waals surface area contributed by atoms with Crippen molar-refractivity contribution in [1.82, 2.24) is 10.3 Å². The summed E-state index contributed by atoms with van der Waals surface area (Å²) in [5, 5.41) is 12.7. The van der Waals surface area contributed by atoms with E-state index in [0.717, 1.165) is 22.3 Å². The summed E-state index contributed by atoms with van der Waals surface area (Å²) in [4.78, 5) is 26.9. The van der Waals surface area contributed by atoms with Gasteiger partial charge in [0.15, 0.2) is 5.75 Å². The lowest BCUT2D eigenvalue weighted by Gasteiger charge is -2.32. The van der Waals surface area contributed by atoms with Crippen LogP contribution in [0.1, 0.15) is 50.3 Å². The second kappa shape index (κ2) is 9.81. The zero-order chi connectivity index (χ0) is 27.1. The molecule has 0 radical (unpaired) electrons. The summed E-state index contributed by atoms with van der Waals surface area (Å²) in [5.74, 6) is -0.452. The Labute approximate surface area is 221 Å². The predicted octanol–water partition coefficient (Wildman–Crippen LogP) is 4.63. The van der Waals surface area contributed by atoms with Gasteiger partial charge in [0.1, 0.15) is 6.61 Å². The minimum absolute atomic E-state index is 0.0459. The van der Waals surface area contributed by atoms with Crippen LogP contribution in [-0.2, 0) is 14.0 Å². The molecule has 196 valence electrons. The molecule has 9 heteroatoms. The van der Waals surface area contributed by atoms with Crippen LogP contribution in [0.3, 0.4) is 0 Å². The second-order valence-electron chi connectivity index (χ2n) is 10.6. The number of hydrogen-bond donors (Lipinski definition) is 3. The molecule has 1 fully saturated rings. The molecule has 2 aromatic carbocycles. The maximum atomic E-state index is 12.8. The summed E-state index contributed by atoms with van der Waals surface area (Å²) in [5.41, 5.74) is 3.95. The van der Waals surface area contributed by atoms with Crippen molar-refractivity contribution in [3.05, 3.63) is 93.3 Å². The Kier molecular flexibility index (Phi) is 6.67. The number of hydrogen-bond acceptors (Lipinski definition) is 6. The number of aromatic amines is 1. The zero-order valence-corrected chi connectivity index (χ0v) is 21.9. The van der Waals surface area contributed by atoms with Gasteiger partial charge in [-0.3, -0.25) is 4.79 Å². The van der Waals surface area contributed by atoms with Crippen LogP contribution in [0.2, 0.25) is 0 Å². The quantitative estimate of drug-likeness (QED) is 0.414. The largest absolute Gasteiger partial charge is 0.503 e. The van der Waals surface area contributed by atoms with Crippen molar-refractivity contribution in [2.45, 2.75) is 44.8 Å². The molecule has 8 nitrogen and oxygen atoms in total. The van der Waals surface area contributed by atoms with Crippen LogP contribution in [-0.4, -0.2) is 47.7 Å². The summed E-state index contributed by atoms with van der Waals surface area (Å²) in [6.07, 6.45) is 2.61. The number of amides is 1. The fourth-order valence-electron chi connectivity index (χ4n) is 4.81. The van der Waals surface area contributed by atoms with Crippen molar-refractivity contribution >= 4 is 19.3 Å². The van der Waals surface area contributed by atoms with Crippen LogP contribution in [0.5, 0.6) is 5.75 Å². The molecule has 2 aliphatic rings. The Morgan fingerprint density at radius 1 is 1.05 bits per heavy atom. The Morgan fingerprint density at radius 3 is 2.21 bits per heavy atom. The van der Waals surface area contributed by atoms with Crippen molar-refractivity contribution < 1.29 is 23.9 Å². The van der Waals surface area contributed by atoms with E-state index in [0.29, 0.717) is 11.0 Å². The number of alkyl carbamates (subject to hydrolysis) is 1. The first-order valence-corrected chi connectivity index (χ1v) is 12.6. The summed E-state index contributed by atoms with van der Waals surface area (Å²) < 4.78 is 18.0. The molecule has 1 aliphatic heterocycles. The molecule has 1 saturated heterocycles. The van der Waals surface area contributed by atoms with Crippen LogP contribution < -0.4 is 10.9 Å². The van der Waals surface area contributed by atoms with Crippen LogP contribution in [0, 0.1) is 0 Å². The van der Waals surface area contributed by atoms with Gasteiger partial charge in [-0.1, -0.05) is 54.6 Å². The molecule has 3 N–H and O–H groups in total. The minimum Gasteiger partial charge on any atom is -0.503 e. The molecule has 0 spiro atoms. The van der Waals surface area contributed by atoms with Gasteiger partial charge in [-0.15, -0.1) is 0 Å². The minimum atomic E-state index is -0.747. The van der Waals surface area contributed by atoms with E-state index < -0.39 is 35.7 Å². The van der Waals surface area contributed by atoms with Gasteiger partial charge in [0.05, 0.1) is 11.2 Å². The van der Waals surface area contributed by atoms with Crippen LogP contribution in [0.15, 0.2) is 71.1 Å². The molecule has 1 aliphatic carbocycles. The number of ether oxygens (including phenoxy) is 1. The molecule has 1 amide bonds. The second-order valence-corrected chi connectivity index (χ2v) is 10.6. The van der Waals surface area contributed by atoms with E-state index >= 15 is 0 Å². The number of fused-ring (bicyclic) bond motifs is 3. The highest BCUT2D eigenvalue weighted by Crippen LogP contribution is 2.44. The third kappa shape index (κ3) is 4.87. The molecule has 5 rings (SSSR count). The van der Waals surface area contributed by atoms with Crippen molar-refractivity contribution in [2.24, 2.45) is 0 Å². The van der Waals surface area contributed by atoms with Crippen molar-refractivity contribution in [1.29, 1.82) is 0 Å². The first-order valence-electron chi connectivity index (χ1n) is 12.6. The van der Waals surface area contributed by atoms with E-state index in [1.54, 1.807) is 6.08 Å². The van der Waals surface area contributed by atoms with Crippen molar-refractivity contribution in [2.75, 3.05) is 13.2 Å². The number of H-pyrrole nitrogens is 1. The Balaban J connectivity index is 1.31. The van der Waals surface area contributed by atoms with E-state index in [-0.39, 0.29) is 19.1 Å². The molecule has 2 heterocycles. The SMILES string of the molecule is CC1(C)OB(C(=Cc2c[nH]c(=O)c(O)c2)CNC(=O)OCC2c3ccccc3-c3ccccc32)OC1(C)C. The Morgan fingerprint density at radius 2 is 1.63 bits per heavy atom. The van der Waals surface area contributed by atoms with E-state index in [2.05, 4.69) is 34.6 Å². The predicted molar refractivity (Wildman–Crippen MR) is 146 cm³/mol. The average Bonchev–Trinajstić information content (AvgIpc) is 3.31. The third-order valence-corrected chi connectivity index (χ3v) is 7.59. The summed E-state index contributed by atoms with van der Waals surface area (Å²) in [6.45, 7) is 8.03. The first kappa shape index (κ1) is 25.8. The van der Waals surface area contributed by atoms with Gasteiger partial charge < -0.3 is 29.5 Å². The summed E-state index contributed by atoms with van der Waals surface area (Å²) in [6, 6.07) is 17.7. The molecular formula is C29H31BN2O6. The van der Waals surface area contributed by atoms with Gasteiger partial charge in [0.2, 0.25) is 0 Å². The molecule has 38 heavy (non-hydrogen) atoms. The molecule has 0 bridgehead atoms. The fourth-order valence-corrected chi connectivity index (χ4v) is 4.81. The fraction of sp³-hybridized carbons (Fsp3) is 0.310. The van der Waals surface area contributed by atoms with Crippen molar-refractivity contribution in [3.8, 4) is 16.9 Å². The molecular weight excluding hydrogens is 483 g/mol. The lowest BCUT2D eigenvalue weighted by molar-refractivity contribution is 0.00578. The zero-order valence-electron chi connectivity index (χ0n) is 21.9. The van der Waals surface area contributed by atoms with E-state index in [1.807, 2.05) is 52.0 Å². The number of aromatic hydroxyl groups is 1. The Hall–Kier alpha value is -3.82. The van der Waals surface area contributed by atoms with Gasteiger partial charge in [-0.2, -0.15) is 0 Å². The smallest absolute Gasteiger partial charge is 0.492 e. The summed E-state index contributed by atoms with van der Waals surface area (Å²) in [7, 11) is -0.747. The molecule has 1 aromatic heterocycles. The number of rotatable bonds is 6. The topological polar surface area (TPSA) is 110 Å². The monoisotopic (exact) mass is 514 g/mol. The maximum Gasteiger partial charge on any atom is 0.492 e. The van der Waals surface area contributed by atoms with Gasteiger partial charge in [-0.25, -0.2) is 4.79 Å². The highest BCUT2D eigenvalue weighted by atomic mass is 16.7. The van der Waals surface area contributed by atoms with E-state index in [1.165, 1.54) is 12.3 Å². The number of benzene rings is 2. The lowest BCUT2D eigenvalue weighted by atomic mass is 9.77. The molecule has 0 unspecified atom stereocenters. The van der Waals surface area contributed by atoms with Gasteiger partial charge in [-0.05, 0) is 67.1 Å². The lowest BCUT2D eigenvalue weighted by Crippen LogP contribution is -2.41. The highest BCUT2D eigenvalue weighted by molar-refractivity contribution is 6.56. The maximum absolute atomic E-state index is 12.8. The normalized spacial score (nSPS) is 17.7. The number of carbonyl (C=O) groups is 1. The van der Waals surface area contributed by atoms with Crippen LogP contribution in [0.25, 0.3) is 17.2 Å². The third-order valence-electron chi connectivity index (χ3n) is 7.59. The first-order chi connectivity index (χ1) is 18.1. The van der Waals surface area contributed by atoms with E-state index in [4.69, 9.17) is 14.0 Å². The molecule has 3 aromatic rings. The molecule has 0 atom stereocenters. The summed E-state index contributed by atoms with van der Waals surface area (Å²) >= 11 is 0. The van der Waals surface area contributed by atoms with Crippen molar-refractivity contribution in [3.63, 3.8) is 0 Å². The van der Waals surface area contributed by atoms with E-state index in [9.17, 15) is 14.7 Å². The van der Waals surface area contributed by atoms with Crippen LogP contribution in [0.4, 0.5) is 4.79 Å². The van der Waals surface area contributed by atoms with Gasteiger partial charge in [0, 0.05) is 18.7 Å². The van der Waals surface area contributed by atoms with Crippen LogP contribution >= 0.6 is 0 Å². The standard InChI is InChI=1S/C29H31BN2O6/c1-28(2)29(3,4)38-30(37-28)19(13-18-14-25(33)26(34)31-15-18)16-32-27(35)36-17-24-22-11-7-5-9-20(22)21-10-6-8-12-23(21)24/h5-15,24,33H,16-17H2,1-4H3,(H,31,34)(H,32,35). The average molecular weight is 514 g/mol. The molecule has 0 saturated carbocycles. The Bertz CT molecular complexity index is 1400. The number of aromatic nitrogens is 1. The number of nitrogens with one attached hydrogen (secondary N) is 2. The number of pyridine rings is 1.